The van der Waals surface area contributed by atoms with E-state index in [4.69, 9.17) is 5.21 Å². The highest BCUT2D eigenvalue weighted by Crippen LogP contribution is 2.05. The van der Waals surface area contributed by atoms with E-state index in [9.17, 15) is 0 Å². The van der Waals surface area contributed by atoms with Crippen LogP contribution in [0.1, 0.15) is 18.4 Å². The Morgan fingerprint density at radius 2 is 2.07 bits per heavy atom. The van der Waals surface area contributed by atoms with Crippen molar-refractivity contribution in [1.29, 1.82) is 0 Å². The van der Waals surface area contributed by atoms with Gasteiger partial charge in [0.2, 0.25) is 0 Å². The molecule has 0 spiro atoms. The molecule has 0 saturated carbocycles. The zero-order chi connectivity index (χ0) is 10.2. The van der Waals surface area contributed by atoms with E-state index in [-0.39, 0.29) is 0 Å². The van der Waals surface area contributed by atoms with Crippen molar-refractivity contribution in [3.05, 3.63) is 48.6 Å². The summed E-state index contributed by atoms with van der Waals surface area (Å²) in [7, 11) is 0. The lowest BCUT2D eigenvalue weighted by Crippen LogP contribution is -1.99. The molecule has 0 aliphatic carbocycles. The van der Waals surface area contributed by atoms with Crippen molar-refractivity contribution in [2.45, 2.75) is 19.3 Å². The van der Waals surface area contributed by atoms with E-state index in [1.54, 1.807) is 6.08 Å². The van der Waals surface area contributed by atoms with Gasteiger partial charge in [-0.15, -0.1) is 6.58 Å². The van der Waals surface area contributed by atoms with Crippen LogP contribution in [-0.4, -0.2) is 10.9 Å². The second kappa shape index (κ2) is 5.97. The Labute approximate surface area is 84.6 Å². The molecule has 0 saturated heterocycles. The Hall–Kier alpha value is -1.57. The summed E-state index contributed by atoms with van der Waals surface area (Å²) in [5.74, 6) is 0. The number of nitrogens with zero attached hydrogens (tertiary/aromatic N) is 1. The third-order valence-corrected chi connectivity index (χ3v) is 2.07. The maximum atomic E-state index is 8.68. The van der Waals surface area contributed by atoms with E-state index in [1.807, 2.05) is 18.2 Å². The number of allylic oxidation sites excluding steroid dienone is 1. The standard InChI is InChI=1S/C12H15NO/c1-2-6-12(13-14)10-9-11-7-4-3-5-8-11/h2-5,7-8,14H,1,6,9-10H2. The van der Waals surface area contributed by atoms with Gasteiger partial charge in [-0.3, -0.25) is 0 Å². The first-order valence-electron chi connectivity index (χ1n) is 4.71. The highest BCUT2D eigenvalue weighted by atomic mass is 16.4. The normalized spacial score (nSPS) is 11.3. The summed E-state index contributed by atoms with van der Waals surface area (Å²) in [6.07, 6.45) is 4.10. The number of hydrogen-bond donors (Lipinski definition) is 1. The first-order valence-corrected chi connectivity index (χ1v) is 4.71. The predicted molar refractivity (Wildman–Crippen MR) is 58.8 cm³/mol. The van der Waals surface area contributed by atoms with Crippen LogP contribution < -0.4 is 0 Å². The number of aryl methyl sites for hydroxylation is 1. The SMILES string of the molecule is C=CCC(CCc1ccccc1)=NO. The van der Waals surface area contributed by atoms with E-state index in [1.165, 1.54) is 5.56 Å². The number of benzene rings is 1. The molecular formula is C12H15NO. The Bertz CT molecular complexity index is 303. The number of hydrogen-bond acceptors (Lipinski definition) is 2. The Kier molecular flexibility index (Phi) is 4.48. The fraction of sp³-hybridized carbons (Fsp3) is 0.250. The molecule has 1 aromatic rings. The van der Waals surface area contributed by atoms with Crippen LogP contribution in [0.25, 0.3) is 0 Å². The minimum absolute atomic E-state index is 0.656. The predicted octanol–water partition coefficient (Wildman–Crippen LogP) is 3.03. The van der Waals surface area contributed by atoms with Gasteiger partial charge in [-0.05, 0) is 18.4 Å². The molecule has 0 aromatic heterocycles. The second-order valence-corrected chi connectivity index (χ2v) is 3.14. The molecule has 1 N–H and O–H groups in total. The van der Waals surface area contributed by atoms with Crippen molar-refractivity contribution < 1.29 is 5.21 Å². The molecule has 0 unspecified atom stereocenters. The van der Waals surface area contributed by atoms with Gasteiger partial charge in [0.25, 0.3) is 0 Å². The van der Waals surface area contributed by atoms with Gasteiger partial charge in [-0.25, -0.2) is 0 Å². The summed E-state index contributed by atoms with van der Waals surface area (Å²) in [5.41, 5.74) is 2.04. The molecular weight excluding hydrogens is 174 g/mol. The van der Waals surface area contributed by atoms with Gasteiger partial charge in [-0.1, -0.05) is 41.6 Å². The lowest BCUT2D eigenvalue weighted by atomic mass is 10.1. The molecule has 1 rings (SSSR count). The van der Waals surface area contributed by atoms with E-state index >= 15 is 0 Å². The molecule has 14 heavy (non-hydrogen) atoms. The van der Waals surface area contributed by atoms with Crippen LogP contribution in [0.4, 0.5) is 0 Å². The van der Waals surface area contributed by atoms with Crippen LogP contribution in [0, 0.1) is 0 Å². The lowest BCUT2D eigenvalue weighted by molar-refractivity contribution is 0.316. The van der Waals surface area contributed by atoms with Crippen molar-refractivity contribution in [3.63, 3.8) is 0 Å². The molecule has 0 aliphatic rings. The van der Waals surface area contributed by atoms with Gasteiger partial charge in [0, 0.05) is 6.42 Å². The maximum Gasteiger partial charge on any atom is 0.0611 e. The number of oxime groups is 1. The smallest absolute Gasteiger partial charge is 0.0611 e. The zero-order valence-corrected chi connectivity index (χ0v) is 8.19. The van der Waals surface area contributed by atoms with Crippen LogP contribution in [0.2, 0.25) is 0 Å². The number of rotatable bonds is 5. The van der Waals surface area contributed by atoms with E-state index in [2.05, 4.69) is 23.9 Å². The maximum absolute atomic E-state index is 8.68. The summed E-state index contributed by atoms with van der Waals surface area (Å²) >= 11 is 0. The first-order chi connectivity index (χ1) is 6.86. The van der Waals surface area contributed by atoms with Crippen LogP contribution >= 0.6 is 0 Å². The molecule has 0 heterocycles. The molecule has 0 bridgehead atoms. The fourth-order valence-electron chi connectivity index (χ4n) is 1.29. The fourth-order valence-corrected chi connectivity index (χ4v) is 1.29. The van der Waals surface area contributed by atoms with Crippen molar-refractivity contribution in [2.24, 2.45) is 5.16 Å². The summed E-state index contributed by atoms with van der Waals surface area (Å²) in [4.78, 5) is 0. The third kappa shape index (κ3) is 3.44. The van der Waals surface area contributed by atoms with Gasteiger partial charge >= 0.3 is 0 Å². The molecule has 0 fully saturated rings. The monoisotopic (exact) mass is 189 g/mol. The third-order valence-electron chi connectivity index (χ3n) is 2.07. The Balaban J connectivity index is 2.44. The molecule has 0 radical (unpaired) electrons. The highest BCUT2D eigenvalue weighted by Gasteiger charge is 1.98. The summed E-state index contributed by atoms with van der Waals surface area (Å²) in [6, 6.07) is 10.2. The summed E-state index contributed by atoms with van der Waals surface area (Å²) in [5, 5.41) is 11.9. The van der Waals surface area contributed by atoms with Gasteiger partial charge in [0.1, 0.15) is 0 Å². The zero-order valence-electron chi connectivity index (χ0n) is 8.19. The molecule has 2 heteroatoms. The molecule has 2 nitrogen and oxygen atoms in total. The Morgan fingerprint density at radius 3 is 2.64 bits per heavy atom. The molecule has 0 atom stereocenters. The minimum Gasteiger partial charge on any atom is -0.411 e. The van der Waals surface area contributed by atoms with Crippen LogP contribution in [0.3, 0.4) is 0 Å². The van der Waals surface area contributed by atoms with Gasteiger partial charge < -0.3 is 5.21 Å². The van der Waals surface area contributed by atoms with E-state index < -0.39 is 0 Å². The van der Waals surface area contributed by atoms with Crippen LogP contribution in [0.5, 0.6) is 0 Å². The van der Waals surface area contributed by atoms with Gasteiger partial charge in [0.15, 0.2) is 0 Å². The Morgan fingerprint density at radius 1 is 1.36 bits per heavy atom. The van der Waals surface area contributed by atoms with Crippen molar-refractivity contribution in [1.82, 2.24) is 0 Å². The second-order valence-electron chi connectivity index (χ2n) is 3.14. The van der Waals surface area contributed by atoms with Gasteiger partial charge in [0.05, 0.1) is 5.71 Å². The van der Waals surface area contributed by atoms with Crippen LogP contribution in [0.15, 0.2) is 48.1 Å². The first kappa shape index (κ1) is 10.5. The molecule has 0 amide bonds. The minimum atomic E-state index is 0.656. The summed E-state index contributed by atoms with van der Waals surface area (Å²) in [6.45, 7) is 3.61. The molecule has 74 valence electrons. The largest absolute Gasteiger partial charge is 0.411 e. The molecule has 0 aliphatic heterocycles. The van der Waals surface area contributed by atoms with Gasteiger partial charge in [-0.2, -0.15) is 0 Å². The van der Waals surface area contributed by atoms with Crippen molar-refractivity contribution in [2.75, 3.05) is 0 Å². The molecule has 1 aromatic carbocycles. The average Bonchev–Trinajstić information content (AvgIpc) is 2.25. The quantitative estimate of drug-likeness (QED) is 0.328. The lowest BCUT2D eigenvalue weighted by Gasteiger charge is -2.01. The van der Waals surface area contributed by atoms with Crippen molar-refractivity contribution >= 4 is 5.71 Å². The average molecular weight is 189 g/mol. The van der Waals surface area contributed by atoms with E-state index in [0.717, 1.165) is 18.6 Å². The highest BCUT2D eigenvalue weighted by molar-refractivity contribution is 5.85. The topological polar surface area (TPSA) is 32.6 Å². The van der Waals surface area contributed by atoms with Crippen molar-refractivity contribution in [3.8, 4) is 0 Å². The van der Waals surface area contributed by atoms with E-state index in [0.29, 0.717) is 6.42 Å². The van der Waals surface area contributed by atoms with Crippen LogP contribution in [-0.2, 0) is 6.42 Å². The summed E-state index contributed by atoms with van der Waals surface area (Å²) < 4.78 is 0.